The number of benzene rings is 1. The molecule has 1 amide bonds. The van der Waals surface area contributed by atoms with Crippen molar-refractivity contribution in [2.75, 3.05) is 13.7 Å². The molecule has 0 aliphatic carbocycles. The van der Waals surface area contributed by atoms with E-state index in [1.54, 1.807) is 0 Å². The number of rotatable bonds is 4. The lowest BCUT2D eigenvalue weighted by molar-refractivity contribution is -0.149. The third kappa shape index (κ3) is 3.87. The summed E-state index contributed by atoms with van der Waals surface area (Å²) in [6, 6.07) is 1.28. The number of carbonyl (C=O) groups is 2. The molecule has 0 saturated carbocycles. The molecule has 0 aromatic heterocycles. The maximum Gasteiger partial charge on any atom is 0.336 e. The average Bonchev–Trinajstić information content (AvgIpc) is 2.38. The van der Waals surface area contributed by atoms with Crippen LogP contribution in [0.3, 0.4) is 0 Å². The number of hydrogen-bond donors (Lipinski definition) is 2. The van der Waals surface area contributed by atoms with Crippen molar-refractivity contribution < 1.29 is 28.2 Å². The Bertz CT molecular complexity index is 510. The fraction of sp³-hybridized carbons (Fsp3) is 0.273. The fourth-order valence-electron chi connectivity index (χ4n) is 1.20. The highest BCUT2D eigenvalue weighted by molar-refractivity contribution is 6.30. The zero-order valence-corrected chi connectivity index (χ0v) is 10.5. The lowest BCUT2D eigenvalue weighted by atomic mass is 10.2. The molecule has 0 fully saturated rings. The number of aliphatic hydroxyl groups is 1. The van der Waals surface area contributed by atoms with Gasteiger partial charge in [0, 0.05) is 0 Å². The molecule has 0 spiro atoms. The van der Waals surface area contributed by atoms with E-state index in [4.69, 9.17) is 11.6 Å². The number of hydrogen-bond acceptors (Lipinski definition) is 4. The second kappa shape index (κ2) is 6.44. The Hall–Kier alpha value is -1.73. The van der Waals surface area contributed by atoms with Crippen molar-refractivity contribution in [1.82, 2.24) is 5.32 Å². The molecular weight excluding hydrogens is 284 g/mol. The largest absolute Gasteiger partial charge is 0.467 e. The van der Waals surface area contributed by atoms with Gasteiger partial charge in [-0.05, 0) is 12.1 Å². The molecule has 1 atom stereocenters. The van der Waals surface area contributed by atoms with Crippen LogP contribution in [0.2, 0.25) is 5.02 Å². The van der Waals surface area contributed by atoms with Gasteiger partial charge in [0.1, 0.15) is 11.6 Å². The lowest BCUT2D eigenvalue weighted by Crippen LogP contribution is -2.37. The number of carbonyl (C=O) groups excluding carboxylic acids is 2. The Kier molecular flexibility index (Phi) is 5.20. The third-order valence-corrected chi connectivity index (χ3v) is 2.47. The maximum absolute atomic E-state index is 13.4. The van der Waals surface area contributed by atoms with Crippen LogP contribution in [0, 0.1) is 11.6 Å². The van der Waals surface area contributed by atoms with Gasteiger partial charge < -0.3 is 15.2 Å². The van der Waals surface area contributed by atoms with E-state index in [1.807, 2.05) is 0 Å². The predicted octanol–water partition coefficient (Wildman–Crippen LogP) is 0.882. The van der Waals surface area contributed by atoms with Crippen LogP contribution in [0.4, 0.5) is 8.78 Å². The summed E-state index contributed by atoms with van der Waals surface area (Å²) in [7, 11) is 1.06. The zero-order chi connectivity index (χ0) is 14.6. The molecule has 0 radical (unpaired) electrons. The number of ether oxygens (including phenoxy) is 1. The first-order valence-electron chi connectivity index (χ1n) is 5.05. The van der Waals surface area contributed by atoms with Crippen molar-refractivity contribution in [3.63, 3.8) is 0 Å². The third-order valence-electron chi connectivity index (χ3n) is 2.18. The number of halogens is 3. The van der Waals surface area contributed by atoms with Gasteiger partial charge in [0.05, 0.1) is 24.2 Å². The van der Waals surface area contributed by atoms with Crippen LogP contribution in [-0.4, -0.2) is 36.7 Å². The Morgan fingerprint density at radius 1 is 1.42 bits per heavy atom. The SMILES string of the molecule is COC(=O)C(O)CNC(=O)c1cc(F)c(Cl)cc1F. The number of esters is 1. The van der Waals surface area contributed by atoms with Crippen LogP contribution < -0.4 is 5.32 Å². The molecule has 19 heavy (non-hydrogen) atoms. The Morgan fingerprint density at radius 2 is 2.05 bits per heavy atom. The summed E-state index contributed by atoms with van der Waals surface area (Å²) < 4.78 is 30.7. The molecular formula is C11H10ClF2NO4. The van der Waals surface area contributed by atoms with Crippen molar-refractivity contribution in [3.05, 3.63) is 34.4 Å². The topological polar surface area (TPSA) is 75.6 Å². The lowest BCUT2D eigenvalue weighted by Gasteiger charge is -2.10. The first-order chi connectivity index (χ1) is 8.86. The molecule has 8 heteroatoms. The van der Waals surface area contributed by atoms with Crippen molar-refractivity contribution in [2.45, 2.75) is 6.10 Å². The Morgan fingerprint density at radius 3 is 2.63 bits per heavy atom. The van der Waals surface area contributed by atoms with Gasteiger partial charge in [-0.25, -0.2) is 13.6 Å². The van der Waals surface area contributed by atoms with E-state index in [2.05, 4.69) is 10.1 Å². The summed E-state index contributed by atoms with van der Waals surface area (Å²) in [5.41, 5.74) is -0.584. The summed E-state index contributed by atoms with van der Waals surface area (Å²) in [5, 5.41) is 10.8. The van der Waals surface area contributed by atoms with Crippen molar-refractivity contribution >= 4 is 23.5 Å². The maximum atomic E-state index is 13.4. The summed E-state index contributed by atoms with van der Waals surface area (Å²) in [4.78, 5) is 22.4. The molecule has 2 N–H and O–H groups in total. The number of nitrogens with one attached hydrogen (secondary N) is 1. The molecule has 1 unspecified atom stereocenters. The molecule has 1 rings (SSSR count). The van der Waals surface area contributed by atoms with Crippen molar-refractivity contribution in [1.29, 1.82) is 0 Å². The van der Waals surface area contributed by atoms with Crippen LogP contribution in [0.25, 0.3) is 0 Å². The van der Waals surface area contributed by atoms with E-state index in [0.29, 0.717) is 12.1 Å². The normalized spacial score (nSPS) is 11.8. The van der Waals surface area contributed by atoms with Crippen LogP contribution >= 0.6 is 11.6 Å². The molecule has 0 bridgehead atoms. The predicted molar refractivity (Wildman–Crippen MR) is 61.7 cm³/mol. The van der Waals surface area contributed by atoms with Crippen LogP contribution in [0.1, 0.15) is 10.4 Å². The monoisotopic (exact) mass is 293 g/mol. The second-order valence-electron chi connectivity index (χ2n) is 3.50. The van der Waals surface area contributed by atoms with Crippen molar-refractivity contribution in [2.24, 2.45) is 0 Å². The number of methoxy groups -OCH3 is 1. The number of aliphatic hydroxyl groups excluding tert-OH is 1. The van der Waals surface area contributed by atoms with Gasteiger partial charge in [0.15, 0.2) is 6.10 Å². The molecule has 104 valence electrons. The van der Waals surface area contributed by atoms with Gasteiger partial charge >= 0.3 is 5.97 Å². The van der Waals surface area contributed by atoms with Crippen LogP contribution in [0.15, 0.2) is 12.1 Å². The standard InChI is InChI=1S/C11H10ClF2NO4/c1-19-11(18)9(16)4-15-10(17)5-2-8(14)6(12)3-7(5)13/h2-3,9,16H,4H2,1H3,(H,15,17). The molecule has 1 aromatic carbocycles. The van der Waals surface area contributed by atoms with Gasteiger partial charge in [-0.3, -0.25) is 4.79 Å². The molecule has 0 aliphatic rings. The minimum absolute atomic E-state index is 0.455. The second-order valence-corrected chi connectivity index (χ2v) is 3.90. The summed E-state index contributed by atoms with van der Waals surface area (Å²) >= 11 is 5.33. The number of amides is 1. The smallest absolute Gasteiger partial charge is 0.336 e. The summed E-state index contributed by atoms with van der Waals surface area (Å²) in [6.07, 6.45) is -1.59. The van der Waals surface area contributed by atoms with Gasteiger partial charge in [-0.2, -0.15) is 0 Å². The summed E-state index contributed by atoms with van der Waals surface area (Å²) in [5.74, 6) is -3.92. The van der Waals surface area contributed by atoms with E-state index in [-0.39, 0.29) is 0 Å². The average molecular weight is 294 g/mol. The van der Waals surface area contributed by atoms with E-state index >= 15 is 0 Å². The Balaban J connectivity index is 2.74. The molecule has 0 heterocycles. The quantitative estimate of drug-likeness (QED) is 0.638. The van der Waals surface area contributed by atoms with Gasteiger partial charge in [0.25, 0.3) is 5.91 Å². The van der Waals surface area contributed by atoms with Gasteiger partial charge in [-0.1, -0.05) is 11.6 Å². The minimum Gasteiger partial charge on any atom is -0.467 e. The highest BCUT2D eigenvalue weighted by Crippen LogP contribution is 2.19. The van der Waals surface area contributed by atoms with E-state index in [1.165, 1.54) is 0 Å². The molecule has 0 aliphatic heterocycles. The summed E-state index contributed by atoms with van der Waals surface area (Å²) in [6.45, 7) is -0.491. The van der Waals surface area contributed by atoms with E-state index in [0.717, 1.165) is 7.11 Å². The zero-order valence-electron chi connectivity index (χ0n) is 9.75. The van der Waals surface area contributed by atoms with Crippen LogP contribution in [-0.2, 0) is 9.53 Å². The minimum atomic E-state index is -1.59. The van der Waals surface area contributed by atoms with Gasteiger partial charge in [0.2, 0.25) is 0 Å². The fourth-order valence-corrected chi connectivity index (χ4v) is 1.35. The van der Waals surface area contributed by atoms with Gasteiger partial charge in [-0.15, -0.1) is 0 Å². The molecule has 5 nitrogen and oxygen atoms in total. The van der Waals surface area contributed by atoms with E-state index < -0.39 is 46.7 Å². The molecule has 0 saturated heterocycles. The highest BCUT2D eigenvalue weighted by atomic mass is 35.5. The van der Waals surface area contributed by atoms with Crippen LogP contribution in [0.5, 0.6) is 0 Å². The van der Waals surface area contributed by atoms with E-state index in [9.17, 15) is 23.5 Å². The van der Waals surface area contributed by atoms with Crippen molar-refractivity contribution in [3.8, 4) is 0 Å². The molecule has 1 aromatic rings. The highest BCUT2D eigenvalue weighted by Gasteiger charge is 2.19. The first kappa shape index (κ1) is 15.3. The first-order valence-corrected chi connectivity index (χ1v) is 5.43. The Labute approximate surface area is 112 Å².